The second-order valence-electron chi connectivity index (χ2n) is 7.89. The van der Waals surface area contributed by atoms with Crippen molar-refractivity contribution in [2.45, 2.75) is 35.7 Å². The summed E-state index contributed by atoms with van der Waals surface area (Å²) >= 11 is 1.69. The zero-order valence-electron chi connectivity index (χ0n) is 16.8. The topological polar surface area (TPSA) is 61.2 Å². The van der Waals surface area contributed by atoms with Crippen LogP contribution in [-0.2, 0) is 0 Å². The predicted octanol–water partition coefficient (Wildman–Crippen LogP) is 4.37. The number of hydrogen-bond acceptors (Lipinski definition) is 5. The largest absolute Gasteiger partial charge is 0.348 e. The number of fused-ring (bicyclic) bond motifs is 1. The smallest absolute Gasteiger partial charge is 0.134 e. The van der Waals surface area contributed by atoms with Gasteiger partial charge in [0.2, 0.25) is 0 Å². The summed E-state index contributed by atoms with van der Waals surface area (Å²) in [5.41, 5.74) is 9.70. The minimum Gasteiger partial charge on any atom is -0.348 e. The first-order chi connectivity index (χ1) is 13.4. The van der Waals surface area contributed by atoms with Crippen LogP contribution in [-0.4, -0.2) is 40.0 Å². The second-order valence-corrected chi connectivity index (χ2v) is 9.05. The van der Waals surface area contributed by atoms with Crippen LogP contribution in [0.5, 0.6) is 0 Å². The van der Waals surface area contributed by atoms with Crippen LogP contribution in [0.4, 0.5) is 11.4 Å². The molecule has 146 valence electrons. The number of hydrogen-bond donors (Lipinski definition) is 2. The van der Waals surface area contributed by atoms with E-state index < -0.39 is 0 Å². The first-order valence-corrected chi connectivity index (χ1v) is 10.3. The van der Waals surface area contributed by atoms with Gasteiger partial charge < -0.3 is 20.5 Å². The van der Waals surface area contributed by atoms with E-state index in [0.717, 1.165) is 11.5 Å². The van der Waals surface area contributed by atoms with Crippen molar-refractivity contribution in [1.29, 1.82) is 0 Å². The molecule has 2 unspecified atom stereocenters. The number of imidazole rings is 1. The lowest BCUT2D eigenvalue weighted by molar-refractivity contribution is 0.169. The molecule has 0 saturated heterocycles. The third-order valence-electron chi connectivity index (χ3n) is 5.78. The van der Waals surface area contributed by atoms with E-state index >= 15 is 0 Å². The zero-order valence-corrected chi connectivity index (χ0v) is 17.6. The van der Waals surface area contributed by atoms with Gasteiger partial charge in [0.25, 0.3) is 0 Å². The van der Waals surface area contributed by atoms with E-state index in [4.69, 9.17) is 5.73 Å². The van der Waals surface area contributed by atoms with Gasteiger partial charge in [-0.25, -0.2) is 4.98 Å². The molecule has 3 N–H and O–H groups in total. The molecule has 0 fully saturated rings. The molecule has 0 saturated carbocycles. The van der Waals surface area contributed by atoms with Gasteiger partial charge in [0, 0.05) is 28.5 Å². The molecule has 2 atom stereocenters. The Balaban J connectivity index is 1.71. The number of likely N-dealkylation sites (N-methyl/N-ethyl adjacent to an activating group) is 1. The number of rotatable bonds is 5. The number of H-pyrrole nitrogens is 1. The van der Waals surface area contributed by atoms with Gasteiger partial charge in [0.1, 0.15) is 11.3 Å². The summed E-state index contributed by atoms with van der Waals surface area (Å²) in [6.07, 6.45) is 3.71. The number of thioether (sulfide) groups is 1. The van der Waals surface area contributed by atoms with Gasteiger partial charge in [0.05, 0.1) is 11.6 Å². The molecule has 0 spiro atoms. The summed E-state index contributed by atoms with van der Waals surface area (Å²) in [5.74, 6) is 1.10. The minimum atomic E-state index is -0.109. The maximum Gasteiger partial charge on any atom is 0.134 e. The normalized spacial score (nSPS) is 17.8. The van der Waals surface area contributed by atoms with Gasteiger partial charge >= 0.3 is 0 Å². The van der Waals surface area contributed by atoms with Gasteiger partial charge in [0.15, 0.2) is 0 Å². The van der Waals surface area contributed by atoms with Crippen LogP contribution in [0, 0.1) is 0 Å². The maximum absolute atomic E-state index is 6.41. The molecule has 1 aliphatic heterocycles. The molecular weight excluding hydrogens is 366 g/mol. The lowest BCUT2D eigenvalue weighted by atomic mass is 9.80. The molecule has 28 heavy (non-hydrogen) atoms. The number of anilines is 2. The van der Waals surface area contributed by atoms with Gasteiger partial charge in [-0.2, -0.15) is 0 Å². The Labute approximate surface area is 171 Å². The summed E-state index contributed by atoms with van der Waals surface area (Å²) in [4.78, 5) is 13.6. The van der Waals surface area contributed by atoms with Crippen molar-refractivity contribution in [2.75, 3.05) is 19.0 Å². The van der Waals surface area contributed by atoms with E-state index in [-0.39, 0.29) is 17.0 Å². The van der Waals surface area contributed by atoms with E-state index in [1.165, 1.54) is 16.1 Å². The third-order valence-corrected chi connectivity index (χ3v) is 6.83. The van der Waals surface area contributed by atoms with Gasteiger partial charge in [-0.15, -0.1) is 0 Å². The van der Waals surface area contributed by atoms with Gasteiger partial charge in [-0.3, -0.25) is 0 Å². The van der Waals surface area contributed by atoms with Crippen LogP contribution in [0.2, 0.25) is 0 Å². The van der Waals surface area contributed by atoms with Crippen LogP contribution < -0.4 is 10.6 Å². The molecule has 1 aliphatic rings. The Hall–Kier alpha value is -2.28. The molecule has 3 aromatic rings. The highest BCUT2D eigenvalue weighted by Crippen LogP contribution is 2.45. The Morgan fingerprint density at radius 2 is 1.86 bits per heavy atom. The molecule has 0 amide bonds. The first kappa shape index (κ1) is 19.1. The number of para-hydroxylation sites is 1. The fraction of sp³-hybridized carbons (Fsp3) is 0.318. The highest BCUT2D eigenvalue weighted by Gasteiger charge is 2.36. The molecule has 0 radical (unpaired) electrons. The van der Waals surface area contributed by atoms with Crippen molar-refractivity contribution in [2.24, 2.45) is 5.73 Å². The fourth-order valence-electron chi connectivity index (χ4n) is 3.78. The second kappa shape index (κ2) is 7.28. The number of aromatic amines is 1. The first-order valence-electron chi connectivity index (χ1n) is 9.47. The highest BCUT2D eigenvalue weighted by atomic mass is 32.2. The van der Waals surface area contributed by atoms with E-state index in [2.05, 4.69) is 96.2 Å². The van der Waals surface area contributed by atoms with Gasteiger partial charge in [-0.1, -0.05) is 36.0 Å². The monoisotopic (exact) mass is 393 g/mol. The van der Waals surface area contributed by atoms with E-state index in [0.29, 0.717) is 0 Å². The Morgan fingerprint density at radius 3 is 2.50 bits per heavy atom. The van der Waals surface area contributed by atoms with Crippen LogP contribution in [0.3, 0.4) is 0 Å². The third kappa shape index (κ3) is 3.21. The molecule has 0 bridgehead atoms. The lowest BCUT2D eigenvalue weighted by Gasteiger charge is -2.39. The number of aromatic nitrogens is 2. The lowest BCUT2D eigenvalue weighted by Crippen LogP contribution is -2.44. The molecular formula is C22H27N5S. The number of nitrogens with two attached hydrogens (primary N) is 1. The van der Waals surface area contributed by atoms with Crippen LogP contribution in [0.15, 0.2) is 65.8 Å². The van der Waals surface area contributed by atoms with Crippen molar-refractivity contribution in [1.82, 2.24) is 14.9 Å². The van der Waals surface area contributed by atoms with E-state index in [1.54, 1.807) is 11.8 Å². The SMILES string of the molecule is CN(C)C(C)(C)C(c1ccc(N2c3ccccc3SC2N)cc1)c1ncc[nH]1. The Bertz CT molecular complexity index is 934. The molecule has 2 aromatic carbocycles. The van der Waals surface area contributed by atoms with Crippen molar-refractivity contribution >= 4 is 23.1 Å². The van der Waals surface area contributed by atoms with Crippen molar-refractivity contribution < 1.29 is 0 Å². The summed E-state index contributed by atoms with van der Waals surface area (Å²) in [6.45, 7) is 4.49. The van der Waals surface area contributed by atoms with Gasteiger partial charge in [-0.05, 0) is 57.8 Å². The minimum absolute atomic E-state index is 0.105. The van der Waals surface area contributed by atoms with Crippen molar-refractivity contribution in [3.05, 3.63) is 72.3 Å². The number of nitrogens with zero attached hydrogens (tertiary/aromatic N) is 3. The number of benzene rings is 2. The molecule has 0 aliphatic carbocycles. The highest BCUT2D eigenvalue weighted by molar-refractivity contribution is 8.00. The molecule has 5 nitrogen and oxygen atoms in total. The Morgan fingerprint density at radius 1 is 1.14 bits per heavy atom. The van der Waals surface area contributed by atoms with Crippen molar-refractivity contribution in [3.8, 4) is 0 Å². The molecule has 2 heterocycles. The molecule has 1 aromatic heterocycles. The quantitative estimate of drug-likeness (QED) is 0.674. The fourth-order valence-corrected chi connectivity index (χ4v) is 4.83. The predicted molar refractivity (Wildman–Crippen MR) is 117 cm³/mol. The van der Waals surface area contributed by atoms with E-state index in [1.807, 2.05) is 12.4 Å². The average Bonchev–Trinajstić information content (AvgIpc) is 3.29. The molecule has 6 heteroatoms. The van der Waals surface area contributed by atoms with E-state index in [9.17, 15) is 0 Å². The maximum atomic E-state index is 6.41. The molecule has 4 rings (SSSR count). The van der Waals surface area contributed by atoms with Crippen LogP contribution in [0.1, 0.15) is 31.2 Å². The Kier molecular flexibility index (Phi) is 4.95. The van der Waals surface area contributed by atoms with Crippen LogP contribution in [0.25, 0.3) is 0 Å². The number of nitrogens with one attached hydrogen (secondary N) is 1. The summed E-state index contributed by atoms with van der Waals surface area (Å²) in [7, 11) is 4.23. The zero-order chi connectivity index (χ0) is 19.9. The van der Waals surface area contributed by atoms with Crippen molar-refractivity contribution in [3.63, 3.8) is 0 Å². The average molecular weight is 394 g/mol. The summed E-state index contributed by atoms with van der Waals surface area (Å²) < 4.78 is 0. The van der Waals surface area contributed by atoms with Crippen LogP contribution >= 0.6 is 11.8 Å². The summed E-state index contributed by atoms with van der Waals surface area (Å²) in [6, 6.07) is 17.1. The standard InChI is InChI=1S/C22H27N5S/c1-22(2,26(3)4)19(20-24-13-14-25-20)15-9-11-16(12-10-15)27-17-7-5-6-8-18(17)28-21(27)23/h5-14,19,21H,23H2,1-4H3,(H,24,25). The summed E-state index contributed by atoms with van der Waals surface area (Å²) in [5, 5.41) is 0.